The third-order valence-corrected chi connectivity index (χ3v) is 6.78. The maximum absolute atomic E-state index is 12.3. The summed E-state index contributed by atoms with van der Waals surface area (Å²) in [7, 11) is -5.32. The highest BCUT2D eigenvalue weighted by atomic mass is 32.2. The number of benzene rings is 1. The molecule has 8 heteroatoms. The first-order valence-electron chi connectivity index (χ1n) is 6.58. The van der Waals surface area contributed by atoms with Gasteiger partial charge in [0.15, 0.2) is 9.84 Å². The van der Waals surface area contributed by atoms with Crippen LogP contribution in [-0.2, 0) is 19.9 Å². The lowest BCUT2D eigenvalue weighted by Gasteiger charge is -2.13. The van der Waals surface area contributed by atoms with E-state index in [9.17, 15) is 16.8 Å². The van der Waals surface area contributed by atoms with Crippen molar-refractivity contribution < 1.29 is 21.6 Å². The van der Waals surface area contributed by atoms with Gasteiger partial charge in [-0.1, -0.05) is 6.07 Å². The zero-order valence-electron chi connectivity index (χ0n) is 12.0. The highest BCUT2D eigenvalue weighted by Gasteiger charge is 2.29. The zero-order chi connectivity index (χ0) is 15.7. The van der Waals surface area contributed by atoms with E-state index in [1.54, 1.807) is 19.1 Å². The third-order valence-electron chi connectivity index (χ3n) is 3.50. The summed E-state index contributed by atoms with van der Waals surface area (Å²) < 4.78 is 55.0. The van der Waals surface area contributed by atoms with Crippen LogP contribution in [0, 0.1) is 12.8 Å². The van der Waals surface area contributed by atoms with Gasteiger partial charge in [0.25, 0.3) is 0 Å². The minimum atomic E-state index is -3.72. The second kappa shape index (κ2) is 5.94. The maximum atomic E-state index is 12.3. The summed E-state index contributed by atoms with van der Waals surface area (Å²) in [5, 5.41) is 0. The van der Waals surface area contributed by atoms with Crippen LogP contribution in [0.2, 0.25) is 0 Å². The second-order valence-corrected chi connectivity index (χ2v) is 9.24. The Hall–Kier alpha value is -1.12. The Bertz CT molecular complexity index is 725. The fraction of sp³-hybridized carbons (Fsp3) is 0.538. The molecule has 0 unspecified atom stereocenters. The standard InChI is InChI=1S/C13H19NO5S2/c1-10-3-4-12(19-2)13(7-10)21(17,18)14-8-11-5-6-20(15,16)9-11/h3-4,7,11,14H,5-6,8-9H2,1-2H3/t11-/m0/s1. The monoisotopic (exact) mass is 333 g/mol. The molecule has 1 fully saturated rings. The van der Waals surface area contributed by atoms with Crippen molar-refractivity contribution in [3.63, 3.8) is 0 Å². The van der Waals surface area contributed by atoms with Gasteiger partial charge in [0.05, 0.1) is 18.6 Å². The lowest BCUT2D eigenvalue weighted by Crippen LogP contribution is -2.30. The van der Waals surface area contributed by atoms with Gasteiger partial charge >= 0.3 is 0 Å². The van der Waals surface area contributed by atoms with Crippen molar-refractivity contribution in [1.82, 2.24) is 4.72 Å². The van der Waals surface area contributed by atoms with E-state index in [1.165, 1.54) is 13.2 Å². The number of methoxy groups -OCH3 is 1. The molecule has 0 aromatic heterocycles. The van der Waals surface area contributed by atoms with E-state index in [1.807, 2.05) is 0 Å². The topological polar surface area (TPSA) is 89.5 Å². The Morgan fingerprint density at radius 1 is 1.38 bits per heavy atom. The summed E-state index contributed by atoms with van der Waals surface area (Å²) in [6.45, 7) is 1.92. The number of sulfonamides is 1. The Balaban J connectivity index is 2.14. The molecule has 21 heavy (non-hydrogen) atoms. The van der Waals surface area contributed by atoms with Gasteiger partial charge in [-0.25, -0.2) is 21.6 Å². The average Bonchev–Trinajstić information content (AvgIpc) is 2.76. The molecule has 118 valence electrons. The summed E-state index contributed by atoms with van der Waals surface area (Å²) >= 11 is 0. The SMILES string of the molecule is COc1ccc(C)cc1S(=O)(=O)NC[C@@H]1CCS(=O)(=O)C1. The van der Waals surface area contributed by atoms with Crippen LogP contribution in [0.3, 0.4) is 0 Å². The van der Waals surface area contributed by atoms with Gasteiger partial charge in [-0.05, 0) is 37.0 Å². The van der Waals surface area contributed by atoms with Crippen LogP contribution in [0.4, 0.5) is 0 Å². The molecule has 0 spiro atoms. The Labute approximate surface area is 125 Å². The zero-order valence-corrected chi connectivity index (χ0v) is 13.6. The lowest BCUT2D eigenvalue weighted by atomic mass is 10.1. The van der Waals surface area contributed by atoms with Gasteiger partial charge in [0, 0.05) is 6.54 Å². The van der Waals surface area contributed by atoms with E-state index >= 15 is 0 Å². The molecule has 0 bridgehead atoms. The van der Waals surface area contributed by atoms with Crippen molar-refractivity contribution in [2.24, 2.45) is 5.92 Å². The Morgan fingerprint density at radius 2 is 2.10 bits per heavy atom. The lowest BCUT2D eigenvalue weighted by molar-refractivity contribution is 0.402. The average molecular weight is 333 g/mol. The quantitative estimate of drug-likeness (QED) is 0.857. The van der Waals surface area contributed by atoms with Crippen LogP contribution in [0.25, 0.3) is 0 Å². The maximum Gasteiger partial charge on any atom is 0.244 e. The van der Waals surface area contributed by atoms with Crippen LogP contribution >= 0.6 is 0 Å². The molecule has 1 aliphatic heterocycles. The van der Waals surface area contributed by atoms with Gasteiger partial charge in [0.2, 0.25) is 10.0 Å². The molecule has 1 aromatic rings. The molecular formula is C13H19NO5S2. The third kappa shape index (κ3) is 3.96. The van der Waals surface area contributed by atoms with Crippen molar-refractivity contribution in [2.45, 2.75) is 18.2 Å². The number of aryl methyl sites for hydroxylation is 1. The smallest absolute Gasteiger partial charge is 0.244 e. The highest BCUT2D eigenvalue weighted by molar-refractivity contribution is 7.91. The fourth-order valence-corrected chi connectivity index (χ4v) is 5.56. The summed E-state index contributed by atoms with van der Waals surface area (Å²) in [4.78, 5) is 0.0749. The molecule has 2 rings (SSSR count). The number of hydrogen-bond donors (Lipinski definition) is 1. The Morgan fingerprint density at radius 3 is 2.67 bits per heavy atom. The summed E-state index contributed by atoms with van der Waals surface area (Å²) in [6.07, 6.45) is 0.496. The van der Waals surface area contributed by atoms with Crippen molar-refractivity contribution in [3.05, 3.63) is 23.8 Å². The van der Waals surface area contributed by atoms with Crippen molar-refractivity contribution >= 4 is 19.9 Å². The van der Waals surface area contributed by atoms with E-state index in [0.717, 1.165) is 5.56 Å². The molecule has 1 aliphatic rings. The van der Waals surface area contributed by atoms with Crippen LogP contribution < -0.4 is 9.46 Å². The molecule has 1 saturated heterocycles. The van der Waals surface area contributed by atoms with E-state index in [4.69, 9.17) is 4.74 Å². The molecule has 1 heterocycles. The first-order valence-corrected chi connectivity index (χ1v) is 9.89. The fourth-order valence-electron chi connectivity index (χ4n) is 2.33. The largest absolute Gasteiger partial charge is 0.495 e. The molecule has 0 aliphatic carbocycles. The molecule has 0 saturated carbocycles. The second-order valence-electron chi connectivity index (χ2n) is 5.28. The summed E-state index contributed by atoms with van der Waals surface area (Å²) in [5.74, 6) is 0.279. The first-order chi connectivity index (χ1) is 9.73. The van der Waals surface area contributed by atoms with Gasteiger partial charge in [-0.15, -0.1) is 0 Å². The predicted molar refractivity (Wildman–Crippen MR) is 79.7 cm³/mol. The molecule has 0 radical (unpaired) electrons. The number of rotatable bonds is 5. The van der Waals surface area contributed by atoms with Crippen LogP contribution in [0.15, 0.2) is 23.1 Å². The molecule has 1 atom stereocenters. The van der Waals surface area contributed by atoms with Crippen molar-refractivity contribution in [3.8, 4) is 5.75 Å². The molecular weight excluding hydrogens is 314 g/mol. The predicted octanol–water partition coefficient (Wildman–Crippen LogP) is 0.717. The van der Waals surface area contributed by atoms with E-state index < -0.39 is 19.9 Å². The molecule has 0 amide bonds. The van der Waals surface area contributed by atoms with Gasteiger partial charge in [-0.2, -0.15) is 0 Å². The Kier molecular flexibility index (Phi) is 4.60. The summed E-state index contributed by atoms with van der Waals surface area (Å²) in [6, 6.07) is 4.90. The number of hydrogen-bond acceptors (Lipinski definition) is 5. The molecule has 1 N–H and O–H groups in total. The normalized spacial score (nSPS) is 21.3. The molecule has 1 aromatic carbocycles. The van der Waals surface area contributed by atoms with E-state index in [0.29, 0.717) is 6.42 Å². The minimum Gasteiger partial charge on any atom is -0.495 e. The summed E-state index contributed by atoms with van der Waals surface area (Å²) in [5.41, 5.74) is 0.805. The first kappa shape index (κ1) is 16.3. The van der Waals surface area contributed by atoms with Crippen LogP contribution in [-0.4, -0.2) is 42.0 Å². The van der Waals surface area contributed by atoms with Crippen molar-refractivity contribution in [1.29, 1.82) is 0 Å². The number of sulfone groups is 1. The van der Waals surface area contributed by atoms with Crippen molar-refractivity contribution in [2.75, 3.05) is 25.2 Å². The van der Waals surface area contributed by atoms with E-state index in [2.05, 4.69) is 4.72 Å². The number of ether oxygens (including phenoxy) is 1. The van der Waals surface area contributed by atoms with Gasteiger partial charge < -0.3 is 4.74 Å². The number of nitrogens with one attached hydrogen (secondary N) is 1. The van der Waals surface area contributed by atoms with E-state index in [-0.39, 0.29) is 34.6 Å². The highest BCUT2D eigenvalue weighted by Crippen LogP contribution is 2.25. The van der Waals surface area contributed by atoms with Crippen LogP contribution in [0.5, 0.6) is 5.75 Å². The van der Waals surface area contributed by atoms with Gasteiger partial charge in [-0.3, -0.25) is 0 Å². The minimum absolute atomic E-state index is 0.0421. The van der Waals surface area contributed by atoms with Gasteiger partial charge in [0.1, 0.15) is 10.6 Å². The molecule has 6 nitrogen and oxygen atoms in total. The van der Waals surface area contributed by atoms with Crippen LogP contribution in [0.1, 0.15) is 12.0 Å².